The summed E-state index contributed by atoms with van der Waals surface area (Å²) < 4.78 is 10.1. The van der Waals surface area contributed by atoms with Gasteiger partial charge < -0.3 is 20.3 Å². The summed E-state index contributed by atoms with van der Waals surface area (Å²) in [5.74, 6) is 0.713. The highest BCUT2D eigenvalue weighted by molar-refractivity contribution is 5.89. The number of nitrogens with zero attached hydrogens (tertiary/aromatic N) is 1. The number of anilines is 1. The van der Waals surface area contributed by atoms with Crippen molar-refractivity contribution < 1.29 is 19.4 Å². The monoisotopic (exact) mass is 252 g/mol. The third kappa shape index (κ3) is 2.39. The van der Waals surface area contributed by atoms with Crippen LogP contribution in [0, 0.1) is 0 Å². The van der Waals surface area contributed by atoms with Gasteiger partial charge in [0.25, 0.3) is 0 Å². The molecule has 0 saturated carbocycles. The first-order valence-electron chi connectivity index (χ1n) is 5.66. The summed E-state index contributed by atoms with van der Waals surface area (Å²) in [6, 6.07) is 7.04. The van der Waals surface area contributed by atoms with E-state index >= 15 is 0 Å². The van der Waals surface area contributed by atoms with Crippen molar-refractivity contribution in [3.63, 3.8) is 0 Å². The van der Waals surface area contributed by atoms with E-state index in [-0.39, 0.29) is 6.54 Å². The van der Waals surface area contributed by atoms with Crippen LogP contribution in [-0.4, -0.2) is 43.6 Å². The quantitative estimate of drug-likeness (QED) is 0.807. The minimum atomic E-state index is -0.836. The first-order chi connectivity index (χ1) is 8.65. The second-order valence-electron chi connectivity index (χ2n) is 4.03. The highest BCUT2D eigenvalue weighted by Crippen LogP contribution is 2.24. The van der Waals surface area contributed by atoms with Crippen molar-refractivity contribution in [3.8, 4) is 5.75 Å². The van der Waals surface area contributed by atoms with Crippen molar-refractivity contribution in [2.75, 3.05) is 25.1 Å². The summed E-state index contributed by atoms with van der Waals surface area (Å²) >= 11 is 0. The van der Waals surface area contributed by atoms with Crippen LogP contribution < -0.4 is 15.4 Å². The second-order valence-corrected chi connectivity index (χ2v) is 4.03. The molecule has 1 aliphatic heterocycles. The lowest BCUT2D eigenvalue weighted by atomic mass is 10.2. The SMILES string of the molecule is COc1ccc(N2C[C@H]([C@H](O)CN)OC2=O)cc1. The number of aliphatic hydroxyl groups excluding tert-OH is 1. The molecule has 0 unspecified atom stereocenters. The molecule has 0 spiro atoms. The predicted octanol–water partition coefficient (Wildman–Crippen LogP) is 0.340. The Hall–Kier alpha value is -1.79. The molecule has 1 aliphatic rings. The molecule has 6 nitrogen and oxygen atoms in total. The van der Waals surface area contributed by atoms with Crippen LogP contribution in [0.1, 0.15) is 0 Å². The van der Waals surface area contributed by atoms with Gasteiger partial charge in [-0.05, 0) is 24.3 Å². The molecule has 18 heavy (non-hydrogen) atoms. The molecular weight excluding hydrogens is 236 g/mol. The Morgan fingerprint density at radius 2 is 2.22 bits per heavy atom. The van der Waals surface area contributed by atoms with E-state index in [1.54, 1.807) is 31.4 Å². The molecule has 0 bridgehead atoms. The molecule has 3 N–H and O–H groups in total. The van der Waals surface area contributed by atoms with Gasteiger partial charge in [0.2, 0.25) is 0 Å². The number of aliphatic hydroxyl groups is 1. The summed E-state index contributed by atoms with van der Waals surface area (Å²) in [7, 11) is 1.58. The molecule has 1 fully saturated rings. The molecule has 2 atom stereocenters. The van der Waals surface area contributed by atoms with E-state index in [1.165, 1.54) is 4.90 Å². The van der Waals surface area contributed by atoms with Crippen LogP contribution in [0.3, 0.4) is 0 Å². The van der Waals surface area contributed by atoms with Gasteiger partial charge in [-0.2, -0.15) is 0 Å². The van der Waals surface area contributed by atoms with E-state index in [1.807, 2.05) is 0 Å². The van der Waals surface area contributed by atoms with Crippen molar-refractivity contribution in [1.29, 1.82) is 0 Å². The summed E-state index contributed by atoms with van der Waals surface area (Å²) in [6.45, 7) is 0.359. The Labute approximate surface area is 105 Å². The Kier molecular flexibility index (Phi) is 3.69. The van der Waals surface area contributed by atoms with E-state index in [0.29, 0.717) is 18.0 Å². The molecule has 2 rings (SSSR count). The second kappa shape index (κ2) is 5.24. The van der Waals surface area contributed by atoms with Crippen LogP contribution in [0.15, 0.2) is 24.3 Å². The van der Waals surface area contributed by atoms with Crippen LogP contribution in [0.5, 0.6) is 5.75 Å². The smallest absolute Gasteiger partial charge is 0.414 e. The van der Waals surface area contributed by atoms with Gasteiger partial charge in [0.1, 0.15) is 18.0 Å². The Balaban J connectivity index is 2.11. The predicted molar refractivity (Wildman–Crippen MR) is 65.7 cm³/mol. The van der Waals surface area contributed by atoms with Gasteiger partial charge in [-0.3, -0.25) is 4.90 Å². The highest BCUT2D eigenvalue weighted by atomic mass is 16.6. The number of benzene rings is 1. The summed E-state index contributed by atoms with van der Waals surface area (Å²) in [4.78, 5) is 13.1. The number of nitrogens with two attached hydrogens (primary N) is 1. The average Bonchev–Trinajstić information content (AvgIpc) is 2.80. The number of methoxy groups -OCH3 is 1. The van der Waals surface area contributed by atoms with Crippen LogP contribution in [0.25, 0.3) is 0 Å². The molecule has 98 valence electrons. The largest absolute Gasteiger partial charge is 0.497 e. The number of hydrogen-bond donors (Lipinski definition) is 2. The zero-order chi connectivity index (χ0) is 13.1. The fourth-order valence-corrected chi connectivity index (χ4v) is 1.81. The van der Waals surface area contributed by atoms with Gasteiger partial charge in [-0.1, -0.05) is 0 Å². The van der Waals surface area contributed by atoms with E-state index in [4.69, 9.17) is 15.2 Å². The number of hydrogen-bond acceptors (Lipinski definition) is 5. The molecule has 1 aromatic rings. The lowest BCUT2D eigenvalue weighted by molar-refractivity contribution is 0.0380. The lowest BCUT2D eigenvalue weighted by Crippen LogP contribution is -2.36. The number of amides is 1. The van der Waals surface area contributed by atoms with Gasteiger partial charge in [-0.15, -0.1) is 0 Å². The molecule has 0 aliphatic carbocycles. The molecule has 1 saturated heterocycles. The molecule has 1 heterocycles. The van der Waals surface area contributed by atoms with Crippen LogP contribution in [0.4, 0.5) is 10.5 Å². The van der Waals surface area contributed by atoms with Crippen molar-refractivity contribution >= 4 is 11.8 Å². The number of carbonyl (C=O) groups is 1. The Morgan fingerprint density at radius 3 is 2.78 bits per heavy atom. The summed E-state index contributed by atoms with van der Waals surface area (Å²) in [5, 5.41) is 9.57. The Morgan fingerprint density at radius 1 is 1.56 bits per heavy atom. The van der Waals surface area contributed by atoms with Crippen molar-refractivity contribution in [1.82, 2.24) is 0 Å². The maximum absolute atomic E-state index is 11.7. The summed E-state index contributed by atoms with van der Waals surface area (Å²) in [5.41, 5.74) is 6.04. The van der Waals surface area contributed by atoms with Crippen molar-refractivity contribution in [2.24, 2.45) is 5.73 Å². The molecule has 0 radical (unpaired) electrons. The first kappa shape index (κ1) is 12.7. The number of rotatable bonds is 4. The van der Waals surface area contributed by atoms with Gasteiger partial charge in [0.05, 0.1) is 13.7 Å². The van der Waals surface area contributed by atoms with Crippen molar-refractivity contribution in [3.05, 3.63) is 24.3 Å². The third-order valence-corrected chi connectivity index (χ3v) is 2.89. The van der Waals surface area contributed by atoms with Gasteiger partial charge in [0, 0.05) is 12.2 Å². The molecule has 1 aromatic carbocycles. The standard InChI is InChI=1S/C12H16N2O4/c1-17-9-4-2-8(3-5-9)14-7-11(10(15)6-13)18-12(14)16/h2-5,10-11,15H,6-7,13H2,1H3/t10-,11-/m1/s1. The third-order valence-electron chi connectivity index (χ3n) is 2.89. The fourth-order valence-electron chi connectivity index (χ4n) is 1.81. The first-order valence-corrected chi connectivity index (χ1v) is 5.66. The van der Waals surface area contributed by atoms with Crippen LogP contribution in [-0.2, 0) is 4.74 Å². The normalized spacial score (nSPS) is 20.7. The molecule has 6 heteroatoms. The molecule has 1 amide bonds. The maximum Gasteiger partial charge on any atom is 0.414 e. The van der Waals surface area contributed by atoms with Crippen LogP contribution >= 0.6 is 0 Å². The minimum absolute atomic E-state index is 0.0639. The number of cyclic esters (lactones) is 1. The average molecular weight is 252 g/mol. The minimum Gasteiger partial charge on any atom is -0.497 e. The van der Waals surface area contributed by atoms with E-state index in [0.717, 1.165) is 0 Å². The zero-order valence-electron chi connectivity index (χ0n) is 10.1. The van der Waals surface area contributed by atoms with Gasteiger partial charge in [-0.25, -0.2) is 4.79 Å². The van der Waals surface area contributed by atoms with Gasteiger partial charge >= 0.3 is 6.09 Å². The van der Waals surface area contributed by atoms with E-state index < -0.39 is 18.3 Å². The topological polar surface area (TPSA) is 85.0 Å². The zero-order valence-corrected chi connectivity index (χ0v) is 10.1. The van der Waals surface area contributed by atoms with E-state index in [2.05, 4.69) is 0 Å². The molecular formula is C12H16N2O4. The van der Waals surface area contributed by atoms with E-state index in [9.17, 15) is 9.90 Å². The lowest BCUT2D eigenvalue weighted by Gasteiger charge is -2.15. The van der Waals surface area contributed by atoms with Gasteiger partial charge in [0.15, 0.2) is 0 Å². The Bertz CT molecular complexity index is 421. The van der Waals surface area contributed by atoms with Crippen molar-refractivity contribution in [2.45, 2.75) is 12.2 Å². The fraction of sp³-hybridized carbons (Fsp3) is 0.417. The molecule has 0 aromatic heterocycles. The van der Waals surface area contributed by atoms with Crippen LogP contribution in [0.2, 0.25) is 0 Å². The summed E-state index contributed by atoms with van der Waals surface area (Å²) in [6.07, 6.45) is -1.89. The maximum atomic E-state index is 11.7. The number of carbonyl (C=O) groups excluding carboxylic acids is 1. The number of ether oxygens (including phenoxy) is 2. The highest BCUT2D eigenvalue weighted by Gasteiger charge is 2.36.